The lowest BCUT2D eigenvalue weighted by atomic mass is 10.1. The van der Waals surface area contributed by atoms with Crippen molar-refractivity contribution in [3.8, 4) is 0 Å². The molecule has 0 aliphatic rings. The highest BCUT2D eigenvalue weighted by Gasteiger charge is 2.16. The van der Waals surface area contributed by atoms with E-state index in [1.807, 2.05) is 25.5 Å². The van der Waals surface area contributed by atoms with Gasteiger partial charge in [-0.2, -0.15) is 0 Å². The van der Waals surface area contributed by atoms with Crippen molar-refractivity contribution in [3.05, 3.63) is 40.2 Å². The van der Waals surface area contributed by atoms with E-state index in [2.05, 4.69) is 15.5 Å². The molecule has 0 fully saturated rings. The van der Waals surface area contributed by atoms with Crippen LogP contribution < -0.4 is 11.1 Å². The van der Waals surface area contributed by atoms with Gasteiger partial charge in [0.25, 0.3) is 5.91 Å². The second-order valence-corrected chi connectivity index (χ2v) is 5.66. The number of carbonyl (C=O) groups excluding carboxylic acids is 1. The first-order valence-corrected chi connectivity index (χ1v) is 7.10. The SMILES string of the molecule is CC(C)c1nnc(CNC(=O)c2cc(Cl)cc(F)c2N)n1C. The molecule has 0 aliphatic carbocycles. The van der Waals surface area contributed by atoms with Crippen LogP contribution in [-0.4, -0.2) is 20.7 Å². The molecule has 0 saturated heterocycles. The van der Waals surface area contributed by atoms with Gasteiger partial charge in [-0.05, 0) is 12.1 Å². The van der Waals surface area contributed by atoms with Gasteiger partial charge in [-0.15, -0.1) is 10.2 Å². The van der Waals surface area contributed by atoms with Crippen LogP contribution >= 0.6 is 11.6 Å². The van der Waals surface area contributed by atoms with Crippen LogP contribution in [0.25, 0.3) is 0 Å². The number of nitrogens with one attached hydrogen (secondary N) is 1. The number of hydrogen-bond acceptors (Lipinski definition) is 4. The van der Waals surface area contributed by atoms with Gasteiger partial charge in [-0.1, -0.05) is 25.4 Å². The zero-order valence-electron chi connectivity index (χ0n) is 12.5. The lowest BCUT2D eigenvalue weighted by molar-refractivity contribution is 0.0950. The van der Waals surface area contributed by atoms with Crippen LogP contribution in [0.4, 0.5) is 10.1 Å². The van der Waals surface area contributed by atoms with Crippen LogP contribution in [0.3, 0.4) is 0 Å². The van der Waals surface area contributed by atoms with Crippen molar-refractivity contribution in [2.75, 3.05) is 5.73 Å². The summed E-state index contributed by atoms with van der Waals surface area (Å²) < 4.78 is 15.3. The van der Waals surface area contributed by atoms with E-state index in [1.54, 1.807) is 0 Å². The number of benzene rings is 1. The number of nitrogens with two attached hydrogens (primary N) is 1. The van der Waals surface area contributed by atoms with Crippen molar-refractivity contribution < 1.29 is 9.18 Å². The zero-order chi connectivity index (χ0) is 16.4. The number of halogens is 2. The van der Waals surface area contributed by atoms with Crippen LogP contribution in [0.1, 0.15) is 41.8 Å². The Morgan fingerprint density at radius 3 is 2.73 bits per heavy atom. The molecule has 1 aromatic heterocycles. The van der Waals surface area contributed by atoms with Gasteiger partial charge in [0, 0.05) is 18.0 Å². The summed E-state index contributed by atoms with van der Waals surface area (Å²) in [6.07, 6.45) is 0. The first-order chi connectivity index (χ1) is 10.3. The fraction of sp³-hybridized carbons (Fsp3) is 0.357. The van der Waals surface area contributed by atoms with Gasteiger partial charge in [0.15, 0.2) is 5.82 Å². The van der Waals surface area contributed by atoms with E-state index in [1.165, 1.54) is 6.07 Å². The summed E-state index contributed by atoms with van der Waals surface area (Å²) in [7, 11) is 1.82. The number of aromatic nitrogens is 3. The van der Waals surface area contributed by atoms with E-state index in [4.69, 9.17) is 17.3 Å². The lowest BCUT2D eigenvalue weighted by Gasteiger charge is -2.09. The Morgan fingerprint density at radius 1 is 1.45 bits per heavy atom. The molecule has 0 radical (unpaired) electrons. The molecule has 6 nitrogen and oxygen atoms in total. The molecule has 1 heterocycles. The minimum atomic E-state index is -0.724. The monoisotopic (exact) mass is 325 g/mol. The fourth-order valence-corrected chi connectivity index (χ4v) is 2.26. The van der Waals surface area contributed by atoms with E-state index in [-0.39, 0.29) is 28.7 Å². The predicted octanol–water partition coefficient (Wildman–Crippen LogP) is 2.24. The number of nitrogens with zero attached hydrogens (tertiary/aromatic N) is 3. The quantitative estimate of drug-likeness (QED) is 0.844. The van der Waals surface area contributed by atoms with Crippen molar-refractivity contribution in [3.63, 3.8) is 0 Å². The molecule has 0 unspecified atom stereocenters. The first-order valence-electron chi connectivity index (χ1n) is 6.72. The molecule has 1 aromatic carbocycles. The van der Waals surface area contributed by atoms with E-state index in [0.717, 1.165) is 11.9 Å². The molecule has 0 bridgehead atoms. The summed E-state index contributed by atoms with van der Waals surface area (Å²) in [5.41, 5.74) is 5.33. The standard InChI is InChI=1S/C14H17ClFN5O/c1-7(2)13-20-19-11(21(13)3)6-18-14(22)9-4-8(15)5-10(16)12(9)17/h4-5,7H,6,17H2,1-3H3,(H,18,22). The van der Waals surface area contributed by atoms with Crippen molar-refractivity contribution >= 4 is 23.2 Å². The Morgan fingerprint density at radius 2 is 2.14 bits per heavy atom. The zero-order valence-corrected chi connectivity index (χ0v) is 13.3. The first kappa shape index (κ1) is 16.2. The Bertz CT molecular complexity index is 713. The van der Waals surface area contributed by atoms with Gasteiger partial charge >= 0.3 is 0 Å². The number of rotatable bonds is 4. The molecule has 3 N–H and O–H groups in total. The molecule has 8 heteroatoms. The largest absolute Gasteiger partial charge is 0.396 e. The van der Waals surface area contributed by atoms with E-state index >= 15 is 0 Å². The van der Waals surface area contributed by atoms with Gasteiger partial charge < -0.3 is 15.6 Å². The number of anilines is 1. The van der Waals surface area contributed by atoms with Gasteiger partial charge in [-0.25, -0.2) is 4.39 Å². The summed E-state index contributed by atoms with van der Waals surface area (Å²) in [5.74, 6) is 0.390. The maximum Gasteiger partial charge on any atom is 0.253 e. The number of carbonyl (C=O) groups is 1. The number of amides is 1. The lowest BCUT2D eigenvalue weighted by Crippen LogP contribution is -2.25. The minimum absolute atomic E-state index is 0.00347. The molecule has 0 atom stereocenters. The highest BCUT2D eigenvalue weighted by atomic mass is 35.5. The average Bonchev–Trinajstić information content (AvgIpc) is 2.81. The van der Waals surface area contributed by atoms with Crippen LogP contribution in [-0.2, 0) is 13.6 Å². The molecule has 118 valence electrons. The van der Waals surface area contributed by atoms with Crippen molar-refractivity contribution in [2.45, 2.75) is 26.3 Å². The second kappa shape index (κ2) is 6.31. The Balaban J connectivity index is 2.14. The number of hydrogen-bond donors (Lipinski definition) is 2. The smallest absolute Gasteiger partial charge is 0.253 e. The predicted molar refractivity (Wildman–Crippen MR) is 82.1 cm³/mol. The Labute approximate surface area is 132 Å². The minimum Gasteiger partial charge on any atom is -0.396 e. The highest BCUT2D eigenvalue weighted by molar-refractivity contribution is 6.31. The average molecular weight is 326 g/mol. The van der Waals surface area contributed by atoms with E-state index in [9.17, 15) is 9.18 Å². The van der Waals surface area contributed by atoms with Crippen LogP contribution in [0.5, 0.6) is 0 Å². The van der Waals surface area contributed by atoms with Crippen molar-refractivity contribution in [2.24, 2.45) is 7.05 Å². The maximum atomic E-state index is 13.5. The fourth-order valence-electron chi connectivity index (χ4n) is 2.06. The van der Waals surface area contributed by atoms with E-state index < -0.39 is 11.7 Å². The van der Waals surface area contributed by atoms with Crippen LogP contribution in [0, 0.1) is 5.82 Å². The third kappa shape index (κ3) is 3.19. The van der Waals surface area contributed by atoms with Gasteiger partial charge in [0.1, 0.15) is 11.6 Å². The molecular weight excluding hydrogens is 309 g/mol. The number of nitrogen functional groups attached to an aromatic ring is 1. The molecular formula is C14H17ClFN5O. The Kier molecular flexibility index (Phi) is 4.65. The summed E-state index contributed by atoms with van der Waals surface area (Å²) in [6.45, 7) is 4.16. The topological polar surface area (TPSA) is 85.8 Å². The molecule has 2 aromatic rings. The second-order valence-electron chi connectivity index (χ2n) is 5.22. The molecule has 2 rings (SSSR count). The Hall–Kier alpha value is -2.15. The maximum absolute atomic E-state index is 13.5. The van der Waals surface area contributed by atoms with Crippen molar-refractivity contribution in [1.82, 2.24) is 20.1 Å². The van der Waals surface area contributed by atoms with Crippen LogP contribution in [0.2, 0.25) is 5.02 Å². The summed E-state index contributed by atoms with van der Waals surface area (Å²) in [4.78, 5) is 12.1. The van der Waals surface area contributed by atoms with Crippen molar-refractivity contribution in [1.29, 1.82) is 0 Å². The highest BCUT2D eigenvalue weighted by Crippen LogP contribution is 2.22. The molecule has 0 aliphatic heterocycles. The molecule has 1 amide bonds. The van der Waals surface area contributed by atoms with E-state index in [0.29, 0.717) is 5.82 Å². The summed E-state index contributed by atoms with van der Waals surface area (Å²) in [5, 5.41) is 10.8. The van der Waals surface area contributed by atoms with Crippen LogP contribution in [0.15, 0.2) is 12.1 Å². The summed E-state index contributed by atoms with van der Waals surface area (Å²) >= 11 is 5.74. The van der Waals surface area contributed by atoms with Gasteiger partial charge in [0.2, 0.25) is 0 Å². The third-order valence-electron chi connectivity index (χ3n) is 3.26. The molecule has 22 heavy (non-hydrogen) atoms. The van der Waals surface area contributed by atoms with Gasteiger partial charge in [0.05, 0.1) is 17.8 Å². The molecule has 0 spiro atoms. The van der Waals surface area contributed by atoms with Gasteiger partial charge in [-0.3, -0.25) is 4.79 Å². The third-order valence-corrected chi connectivity index (χ3v) is 3.48. The summed E-state index contributed by atoms with van der Waals surface area (Å²) in [6, 6.07) is 2.39. The normalized spacial score (nSPS) is 11.0. The molecule has 0 saturated carbocycles.